The third kappa shape index (κ3) is 6.02. The van der Waals surface area contributed by atoms with Crippen LogP contribution in [0.1, 0.15) is 42.0 Å². The summed E-state index contributed by atoms with van der Waals surface area (Å²) in [6.45, 7) is 5.61. The Kier molecular flexibility index (Phi) is 7.27. The fourth-order valence-corrected chi connectivity index (χ4v) is 5.49. The van der Waals surface area contributed by atoms with E-state index in [1.165, 1.54) is 18.2 Å². The molecule has 1 atom stereocenters. The first-order valence-electron chi connectivity index (χ1n) is 8.72. The lowest BCUT2D eigenvalue weighted by Gasteiger charge is -2.23. The lowest BCUT2D eigenvalue weighted by Crippen LogP contribution is -2.40. The van der Waals surface area contributed by atoms with Crippen molar-refractivity contribution in [3.05, 3.63) is 51.2 Å². The highest BCUT2D eigenvalue weighted by Crippen LogP contribution is 2.25. The van der Waals surface area contributed by atoms with Crippen LogP contribution in [0.3, 0.4) is 0 Å². The molecule has 6 nitrogen and oxygen atoms in total. The number of nitrogens with zero attached hydrogens (tertiary/aromatic N) is 1. The maximum Gasteiger partial charge on any atom is 0.251 e. The van der Waals surface area contributed by atoms with Crippen molar-refractivity contribution < 1.29 is 13.2 Å². The molecule has 2 aromatic rings. The monoisotopic (exact) mass is 443 g/mol. The molecule has 1 unspecified atom stereocenters. The van der Waals surface area contributed by atoms with Crippen LogP contribution in [0.4, 0.5) is 0 Å². The Morgan fingerprint density at radius 1 is 1.25 bits per heavy atom. The lowest BCUT2D eigenvalue weighted by molar-refractivity contribution is 0.0942. The van der Waals surface area contributed by atoms with E-state index in [0.29, 0.717) is 6.54 Å². The van der Waals surface area contributed by atoms with Crippen LogP contribution in [-0.2, 0) is 10.0 Å². The second-order valence-electron chi connectivity index (χ2n) is 7.71. The van der Waals surface area contributed by atoms with Gasteiger partial charge >= 0.3 is 0 Å². The van der Waals surface area contributed by atoms with Crippen LogP contribution in [0, 0.1) is 0 Å². The number of carbonyl (C=O) groups excluding carboxylic acids is 1. The van der Waals surface area contributed by atoms with E-state index in [-0.39, 0.29) is 27.4 Å². The van der Waals surface area contributed by atoms with Crippen molar-refractivity contribution in [1.82, 2.24) is 14.9 Å². The van der Waals surface area contributed by atoms with Gasteiger partial charge in [-0.15, -0.1) is 11.3 Å². The molecule has 1 heterocycles. The van der Waals surface area contributed by atoms with E-state index < -0.39 is 15.6 Å². The molecule has 0 spiro atoms. The molecule has 9 heteroatoms. The molecular weight excluding hydrogens is 418 g/mol. The van der Waals surface area contributed by atoms with Gasteiger partial charge < -0.3 is 10.2 Å². The number of likely N-dealkylation sites (N-methyl/N-ethyl adjacent to an activating group) is 1. The van der Waals surface area contributed by atoms with Gasteiger partial charge in [-0.1, -0.05) is 17.7 Å². The van der Waals surface area contributed by atoms with E-state index in [9.17, 15) is 13.2 Å². The minimum absolute atomic E-state index is 0.0296. The maximum absolute atomic E-state index is 12.6. The fourth-order valence-electron chi connectivity index (χ4n) is 2.62. The topological polar surface area (TPSA) is 78.5 Å². The number of hydrogen-bond acceptors (Lipinski definition) is 5. The van der Waals surface area contributed by atoms with E-state index in [0.717, 1.165) is 4.88 Å². The third-order valence-corrected chi connectivity index (χ3v) is 7.09. The van der Waals surface area contributed by atoms with Crippen LogP contribution in [0.25, 0.3) is 0 Å². The molecule has 2 rings (SSSR count). The number of carbonyl (C=O) groups is 1. The van der Waals surface area contributed by atoms with E-state index >= 15 is 0 Å². The summed E-state index contributed by atoms with van der Waals surface area (Å²) in [5.74, 6) is -0.354. The second kappa shape index (κ2) is 8.92. The Labute approximate surface area is 175 Å². The summed E-state index contributed by atoms with van der Waals surface area (Å²) in [5, 5.41) is 4.94. The average molecular weight is 444 g/mol. The standard InChI is InChI=1S/C19H26ClN3O3S2/c1-19(2,3)22-28(25,26)17-11-13(8-9-14(17)20)18(24)21-12-15(23(4)5)16-7-6-10-27-16/h6-11,15,22H,12H2,1-5H3,(H,21,24). The number of nitrogens with one attached hydrogen (secondary N) is 2. The molecule has 2 N–H and O–H groups in total. The first kappa shape index (κ1) is 22.8. The van der Waals surface area contributed by atoms with E-state index in [1.807, 2.05) is 36.5 Å². The molecule has 0 aliphatic rings. The van der Waals surface area contributed by atoms with Crippen LogP contribution in [0.2, 0.25) is 5.02 Å². The molecule has 0 saturated heterocycles. The number of thiophene rings is 1. The minimum Gasteiger partial charge on any atom is -0.350 e. The number of amides is 1. The van der Waals surface area contributed by atoms with Crippen molar-refractivity contribution in [2.45, 2.75) is 37.2 Å². The van der Waals surface area contributed by atoms with Gasteiger partial charge in [0, 0.05) is 22.5 Å². The lowest BCUT2D eigenvalue weighted by atomic mass is 10.1. The summed E-state index contributed by atoms with van der Waals surface area (Å²) in [6.07, 6.45) is 0. The summed E-state index contributed by atoms with van der Waals surface area (Å²) in [5.41, 5.74) is -0.428. The highest BCUT2D eigenvalue weighted by atomic mass is 35.5. The molecule has 0 saturated carbocycles. The van der Waals surface area contributed by atoms with Crippen LogP contribution >= 0.6 is 22.9 Å². The van der Waals surface area contributed by atoms with Crippen LogP contribution in [0.15, 0.2) is 40.6 Å². The Morgan fingerprint density at radius 3 is 2.46 bits per heavy atom. The summed E-state index contributed by atoms with van der Waals surface area (Å²) in [7, 11) is 0.0389. The molecule has 1 aromatic carbocycles. The molecule has 0 bridgehead atoms. The zero-order valence-corrected chi connectivity index (χ0v) is 19.0. The van der Waals surface area contributed by atoms with Crippen LogP contribution in [-0.4, -0.2) is 45.4 Å². The minimum atomic E-state index is -3.85. The van der Waals surface area contributed by atoms with Crippen molar-refractivity contribution >= 4 is 38.9 Å². The molecule has 0 aliphatic carbocycles. The van der Waals surface area contributed by atoms with Crippen LogP contribution < -0.4 is 10.0 Å². The summed E-state index contributed by atoms with van der Waals surface area (Å²) < 4.78 is 27.8. The molecule has 1 aromatic heterocycles. The molecule has 0 aliphatic heterocycles. The Hall–Kier alpha value is -1.45. The normalized spacial score (nSPS) is 13.5. The van der Waals surface area contributed by atoms with Gasteiger partial charge in [0.25, 0.3) is 5.91 Å². The van der Waals surface area contributed by atoms with Crippen molar-refractivity contribution in [3.63, 3.8) is 0 Å². The molecular formula is C19H26ClN3O3S2. The maximum atomic E-state index is 12.6. The van der Waals surface area contributed by atoms with E-state index in [4.69, 9.17) is 11.6 Å². The van der Waals surface area contributed by atoms with Crippen molar-refractivity contribution in [2.75, 3.05) is 20.6 Å². The zero-order chi connectivity index (χ0) is 21.1. The van der Waals surface area contributed by atoms with Crippen molar-refractivity contribution in [1.29, 1.82) is 0 Å². The van der Waals surface area contributed by atoms with Crippen molar-refractivity contribution in [2.24, 2.45) is 0 Å². The highest BCUT2D eigenvalue weighted by Gasteiger charge is 2.25. The second-order valence-corrected chi connectivity index (χ2v) is 10.7. The Balaban J connectivity index is 2.20. The van der Waals surface area contributed by atoms with Gasteiger partial charge in [0.2, 0.25) is 10.0 Å². The number of halogens is 1. The van der Waals surface area contributed by atoms with Gasteiger partial charge in [0.1, 0.15) is 4.90 Å². The molecule has 1 amide bonds. The third-order valence-electron chi connectivity index (χ3n) is 3.87. The largest absolute Gasteiger partial charge is 0.350 e. The zero-order valence-electron chi connectivity index (χ0n) is 16.6. The first-order valence-corrected chi connectivity index (χ1v) is 11.5. The highest BCUT2D eigenvalue weighted by molar-refractivity contribution is 7.89. The number of rotatable bonds is 7. The summed E-state index contributed by atoms with van der Waals surface area (Å²) in [4.78, 5) is 15.7. The summed E-state index contributed by atoms with van der Waals surface area (Å²) >= 11 is 7.72. The van der Waals surface area contributed by atoms with Gasteiger partial charge in [-0.3, -0.25) is 4.79 Å². The van der Waals surface area contributed by atoms with E-state index in [2.05, 4.69) is 10.0 Å². The molecule has 0 radical (unpaired) electrons. The van der Waals surface area contributed by atoms with Gasteiger partial charge in [-0.25, -0.2) is 13.1 Å². The Bertz CT molecular complexity index is 920. The number of benzene rings is 1. The summed E-state index contributed by atoms with van der Waals surface area (Å²) in [6, 6.07) is 8.27. The molecule has 28 heavy (non-hydrogen) atoms. The Morgan fingerprint density at radius 2 is 1.93 bits per heavy atom. The predicted molar refractivity (Wildman–Crippen MR) is 115 cm³/mol. The van der Waals surface area contributed by atoms with Crippen LogP contribution in [0.5, 0.6) is 0 Å². The molecule has 0 fully saturated rings. The molecule has 154 valence electrons. The average Bonchev–Trinajstić information content (AvgIpc) is 3.06. The first-order chi connectivity index (χ1) is 12.9. The predicted octanol–water partition coefficient (Wildman–Crippen LogP) is 3.51. The smallest absolute Gasteiger partial charge is 0.251 e. The number of sulfonamides is 1. The quantitative estimate of drug-likeness (QED) is 0.686. The van der Waals surface area contributed by atoms with Crippen molar-refractivity contribution in [3.8, 4) is 0 Å². The van der Waals surface area contributed by atoms with Gasteiger partial charge in [-0.2, -0.15) is 0 Å². The van der Waals surface area contributed by atoms with Gasteiger partial charge in [0.05, 0.1) is 11.1 Å². The van der Waals surface area contributed by atoms with Gasteiger partial charge in [0.15, 0.2) is 0 Å². The number of hydrogen-bond donors (Lipinski definition) is 2. The van der Waals surface area contributed by atoms with Gasteiger partial charge in [-0.05, 0) is 64.5 Å². The van der Waals surface area contributed by atoms with E-state index in [1.54, 1.807) is 32.1 Å². The SMILES string of the molecule is CN(C)C(CNC(=O)c1ccc(Cl)c(S(=O)(=O)NC(C)(C)C)c1)c1cccs1. The fraction of sp³-hybridized carbons (Fsp3) is 0.421.